The molecule has 1 heterocycles. The summed E-state index contributed by atoms with van der Waals surface area (Å²) in [4.78, 5) is 37.7. The molecule has 7 nitrogen and oxygen atoms in total. The largest absolute Gasteiger partial charge is 0.479 e. The summed E-state index contributed by atoms with van der Waals surface area (Å²) in [6, 6.07) is 13.7. The lowest BCUT2D eigenvalue weighted by atomic mass is 10.2. The van der Waals surface area contributed by atoms with Crippen molar-refractivity contribution in [3.8, 4) is 5.75 Å². The number of fused-ring (bicyclic) bond motifs is 1. The van der Waals surface area contributed by atoms with E-state index in [2.05, 4.69) is 5.32 Å². The van der Waals surface area contributed by atoms with Crippen molar-refractivity contribution in [3.05, 3.63) is 53.6 Å². The van der Waals surface area contributed by atoms with Crippen LogP contribution in [0.4, 0.5) is 11.4 Å². The standard InChI is InChI=1S/C20H19ClN2O5/c1-13-20(26)23(16-4-2-3-5-17(16)28-13)11-10-19(25)27-12-18(24)22-15-8-6-14(21)7-9-15/h2-9,13H,10-12H2,1H3,(H,22,24). The van der Waals surface area contributed by atoms with E-state index in [1.165, 1.54) is 4.90 Å². The van der Waals surface area contributed by atoms with Crippen molar-refractivity contribution in [2.45, 2.75) is 19.4 Å². The fraction of sp³-hybridized carbons (Fsp3) is 0.250. The van der Waals surface area contributed by atoms with Crippen molar-refractivity contribution in [2.24, 2.45) is 0 Å². The molecule has 0 aliphatic carbocycles. The Labute approximate surface area is 167 Å². The van der Waals surface area contributed by atoms with Crippen LogP contribution in [0.5, 0.6) is 5.75 Å². The van der Waals surface area contributed by atoms with Gasteiger partial charge in [0.05, 0.1) is 12.1 Å². The molecule has 1 aliphatic heterocycles. The highest BCUT2D eigenvalue weighted by atomic mass is 35.5. The summed E-state index contributed by atoms with van der Waals surface area (Å²) in [5, 5.41) is 3.15. The molecule has 8 heteroatoms. The molecular weight excluding hydrogens is 384 g/mol. The topological polar surface area (TPSA) is 84.9 Å². The van der Waals surface area contributed by atoms with Gasteiger partial charge in [0.15, 0.2) is 12.7 Å². The Balaban J connectivity index is 1.49. The number of para-hydroxylation sites is 2. The minimum atomic E-state index is -0.629. The number of hydrogen-bond donors (Lipinski definition) is 1. The van der Waals surface area contributed by atoms with Gasteiger partial charge in [-0.3, -0.25) is 14.4 Å². The molecule has 1 atom stereocenters. The SMILES string of the molecule is CC1Oc2ccccc2N(CCC(=O)OCC(=O)Nc2ccc(Cl)cc2)C1=O. The highest BCUT2D eigenvalue weighted by molar-refractivity contribution is 6.30. The Kier molecular flexibility index (Phi) is 6.16. The van der Waals surface area contributed by atoms with Crippen LogP contribution in [0.25, 0.3) is 0 Å². The molecule has 0 spiro atoms. The van der Waals surface area contributed by atoms with E-state index in [4.69, 9.17) is 21.1 Å². The Morgan fingerprint density at radius 1 is 1.18 bits per heavy atom. The monoisotopic (exact) mass is 402 g/mol. The number of halogens is 1. The molecule has 146 valence electrons. The number of carbonyl (C=O) groups excluding carboxylic acids is 3. The van der Waals surface area contributed by atoms with Crippen molar-refractivity contribution in [3.63, 3.8) is 0 Å². The van der Waals surface area contributed by atoms with Gasteiger partial charge >= 0.3 is 5.97 Å². The van der Waals surface area contributed by atoms with Gasteiger partial charge in [0.1, 0.15) is 5.75 Å². The first kappa shape index (κ1) is 19.7. The maximum absolute atomic E-state index is 12.4. The number of carbonyl (C=O) groups is 3. The third-order valence-corrected chi connectivity index (χ3v) is 4.36. The molecule has 1 N–H and O–H groups in total. The van der Waals surface area contributed by atoms with E-state index < -0.39 is 24.6 Å². The molecule has 2 aromatic rings. The van der Waals surface area contributed by atoms with Crippen molar-refractivity contribution < 1.29 is 23.9 Å². The molecule has 1 unspecified atom stereocenters. The van der Waals surface area contributed by atoms with Crippen LogP contribution in [-0.4, -0.2) is 37.0 Å². The summed E-state index contributed by atoms with van der Waals surface area (Å²) in [5.74, 6) is -0.676. The zero-order valence-corrected chi connectivity index (χ0v) is 15.9. The lowest BCUT2D eigenvalue weighted by Gasteiger charge is -2.32. The highest BCUT2D eigenvalue weighted by Gasteiger charge is 2.31. The van der Waals surface area contributed by atoms with Gasteiger partial charge in [0, 0.05) is 17.3 Å². The summed E-state index contributed by atoms with van der Waals surface area (Å²) in [6.45, 7) is 1.39. The van der Waals surface area contributed by atoms with Gasteiger partial charge in [-0.05, 0) is 43.3 Å². The number of benzene rings is 2. The summed E-state index contributed by atoms with van der Waals surface area (Å²) < 4.78 is 10.6. The van der Waals surface area contributed by atoms with Crippen molar-refractivity contribution in [1.82, 2.24) is 0 Å². The quantitative estimate of drug-likeness (QED) is 0.751. The minimum Gasteiger partial charge on any atom is -0.479 e. The number of rotatable bonds is 6. The van der Waals surface area contributed by atoms with Gasteiger partial charge < -0.3 is 19.7 Å². The third-order valence-electron chi connectivity index (χ3n) is 4.11. The van der Waals surface area contributed by atoms with E-state index in [9.17, 15) is 14.4 Å². The second-order valence-corrected chi connectivity index (χ2v) is 6.62. The Morgan fingerprint density at radius 3 is 2.64 bits per heavy atom. The van der Waals surface area contributed by atoms with E-state index in [-0.39, 0.29) is 18.9 Å². The van der Waals surface area contributed by atoms with E-state index >= 15 is 0 Å². The molecule has 0 aromatic heterocycles. The van der Waals surface area contributed by atoms with Crippen LogP contribution >= 0.6 is 11.6 Å². The second kappa shape index (κ2) is 8.75. The number of ether oxygens (including phenoxy) is 2. The zero-order chi connectivity index (χ0) is 20.1. The van der Waals surface area contributed by atoms with Gasteiger partial charge in [-0.1, -0.05) is 23.7 Å². The smallest absolute Gasteiger partial charge is 0.308 e. The summed E-state index contributed by atoms with van der Waals surface area (Å²) >= 11 is 5.78. The first-order valence-corrected chi connectivity index (χ1v) is 9.10. The first-order valence-electron chi connectivity index (χ1n) is 8.72. The number of hydrogen-bond acceptors (Lipinski definition) is 5. The van der Waals surface area contributed by atoms with Crippen LogP contribution in [0.2, 0.25) is 5.02 Å². The van der Waals surface area contributed by atoms with E-state index in [1.54, 1.807) is 49.4 Å². The van der Waals surface area contributed by atoms with Crippen molar-refractivity contribution in [1.29, 1.82) is 0 Å². The molecule has 2 aromatic carbocycles. The molecule has 0 fully saturated rings. The van der Waals surface area contributed by atoms with Crippen molar-refractivity contribution >= 4 is 40.8 Å². The number of anilines is 2. The number of nitrogens with one attached hydrogen (secondary N) is 1. The third kappa shape index (κ3) is 4.80. The molecule has 0 radical (unpaired) electrons. The van der Waals surface area contributed by atoms with Gasteiger partial charge in [0.2, 0.25) is 0 Å². The maximum atomic E-state index is 12.4. The normalized spacial score (nSPS) is 15.4. The average molecular weight is 403 g/mol. The van der Waals surface area contributed by atoms with Crippen LogP contribution in [0.1, 0.15) is 13.3 Å². The van der Waals surface area contributed by atoms with E-state index in [0.717, 1.165) is 0 Å². The molecular formula is C20H19ClN2O5. The van der Waals surface area contributed by atoms with E-state index in [1.807, 2.05) is 6.07 Å². The Hall–Kier alpha value is -3.06. The summed E-state index contributed by atoms with van der Waals surface area (Å²) in [7, 11) is 0. The van der Waals surface area contributed by atoms with Crippen LogP contribution in [0.3, 0.4) is 0 Å². The lowest BCUT2D eigenvalue weighted by molar-refractivity contribution is -0.147. The van der Waals surface area contributed by atoms with Crippen LogP contribution in [0, 0.1) is 0 Å². The number of esters is 1. The Morgan fingerprint density at radius 2 is 1.89 bits per heavy atom. The predicted octanol–water partition coefficient (Wildman–Crippen LogP) is 3.03. The molecule has 0 saturated heterocycles. The predicted molar refractivity (Wildman–Crippen MR) is 105 cm³/mol. The summed E-state index contributed by atoms with van der Waals surface area (Å²) in [6.07, 6.45) is -0.669. The minimum absolute atomic E-state index is 0.0407. The zero-order valence-electron chi connectivity index (χ0n) is 15.2. The molecule has 0 saturated carbocycles. The molecule has 1 aliphatic rings. The second-order valence-electron chi connectivity index (χ2n) is 6.18. The first-order chi connectivity index (χ1) is 13.4. The molecule has 3 rings (SSSR count). The van der Waals surface area contributed by atoms with Gasteiger partial charge in [-0.15, -0.1) is 0 Å². The van der Waals surface area contributed by atoms with Crippen LogP contribution < -0.4 is 15.0 Å². The number of nitrogens with zero attached hydrogens (tertiary/aromatic N) is 1. The number of amides is 2. The Bertz CT molecular complexity index is 884. The average Bonchev–Trinajstić information content (AvgIpc) is 2.68. The maximum Gasteiger partial charge on any atom is 0.308 e. The fourth-order valence-corrected chi connectivity index (χ4v) is 2.87. The van der Waals surface area contributed by atoms with Gasteiger partial charge in [0.25, 0.3) is 11.8 Å². The van der Waals surface area contributed by atoms with Gasteiger partial charge in [-0.25, -0.2) is 0 Å². The van der Waals surface area contributed by atoms with Crippen LogP contribution in [0.15, 0.2) is 48.5 Å². The van der Waals surface area contributed by atoms with Gasteiger partial charge in [-0.2, -0.15) is 0 Å². The van der Waals surface area contributed by atoms with Crippen LogP contribution in [-0.2, 0) is 19.1 Å². The van der Waals surface area contributed by atoms with Crippen molar-refractivity contribution in [2.75, 3.05) is 23.4 Å². The lowest BCUT2D eigenvalue weighted by Crippen LogP contribution is -2.45. The molecule has 28 heavy (non-hydrogen) atoms. The van der Waals surface area contributed by atoms with E-state index in [0.29, 0.717) is 22.1 Å². The fourth-order valence-electron chi connectivity index (χ4n) is 2.74. The molecule has 0 bridgehead atoms. The highest BCUT2D eigenvalue weighted by Crippen LogP contribution is 2.33. The molecule has 2 amide bonds. The summed E-state index contributed by atoms with van der Waals surface area (Å²) in [5.41, 5.74) is 1.16.